The summed E-state index contributed by atoms with van der Waals surface area (Å²) >= 11 is 9.14. The lowest BCUT2D eigenvalue weighted by Gasteiger charge is -2.11. The molecule has 0 fully saturated rings. The normalized spacial score (nSPS) is 10.3. The molecule has 0 saturated carbocycles. The number of hydrogen-bond acceptors (Lipinski definition) is 3. The minimum atomic E-state index is -0.599. The van der Waals surface area contributed by atoms with Gasteiger partial charge >= 0.3 is 0 Å². The molecular formula is C14H11BrClFN2O2. The Balaban J connectivity index is 2.32. The van der Waals surface area contributed by atoms with Crippen LogP contribution >= 0.6 is 27.5 Å². The summed E-state index contributed by atoms with van der Waals surface area (Å²) < 4.78 is 18.7. The van der Waals surface area contributed by atoms with Crippen LogP contribution in [0.15, 0.2) is 34.8 Å². The molecule has 21 heavy (non-hydrogen) atoms. The Morgan fingerprint density at radius 3 is 2.76 bits per heavy atom. The van der Waals surface area contributed by atoms with E-state index in [1.807, 2.05) is 0 Å². The first-order valence-electron chi connectivity index (χ1n) is 5.81. The standard InChI is InChI=1S/C14H11BrClFN2O2/c1-21-7-2-3-10(16)13(4-7)19-14(20)8-5-12(18)11(17)6-9(8)15/h2-6H,18H2,1H3,(H,19,20). The predicted octanol–water partition coefficient (Wildman–Crippen LogP) is 4.08. The molecule has 1 amide bonds. The molecular weight excluding hydrogens is 363 g/mol. The summed E-state index contributed by atoms with van der Waals surface area (Å²) in [7, 11) is 1.51. The topological polar surface area (TPSA) is 64.3 Å². The van der Waals surface area contributed by atoms with Gasteiger partial charge in [0.15, 0.2) is 0 Å². The van der Waals surface area contributed by atoms with Crippen molar-refractivity contribution in [2.75, 3.05) is 18.2 Å². The molecule has 0 aliphatic carbocycles. The zero-order valence-corrected chi connectivity index (χ0v) is 13.3. The van der Waals surface area contributed by atoms with Crippen molar-refractivity contribution in [3.05, 3.63) is 51.2 Å². The molecule has 0 aliphatic rings. The third-order valence-electron chi connectivity index (χ3n) is 2.75. The number of carbonyl (C=O) groups excluding carboxylic acids is 1. The lowest BCUT2D eigenvalue weighted by molar-refractivity contribution is 0.102. The van der Waals surface area contributed by atoms with Crippen LogP contribution in [0.5, 0.6) is 5.75 Å². The van der Waals surface area contributed by atoms with Crippen molar-refractivity contribution in [2.24, 2.45) is 0 Å². The second-order valence-electron chi connectivity index (χ2n) is 4.15. The highest BCUT2D eigenvalue weighted by atomic mass is 79.9. The Kier molecular flexibility index (Phi) is 4.69. The van der Waals surface area contributed by atoms with Crippen LogP contribution in [-0.2, 0) is 0 Å². The Morgan fingerprint density at radius 1 is 1.38 bits per heavy atom. The zero-order valence-electron chi connectivity index (χ0n) is 10.9. The first kappa shape index (κ1) is 15.6. The molecule has 0 aromatic heterocycles. The fourth-order valence-electron chi connectivity index (χ4n) is 1.66. The van der Waals surface area contributed by atoms with Crippen molar-refractivity contribution in [1.82, 2.24) is 0 Å². The third kappa shape index (κ3) is 3.46. The fraction of sp³-hybridized carbons (Fsp3) is 0.0714. The number of anilines is 2. The monoisotopic (exact) mass is 372 g/mol. The smallest absolute Gasteiger partial charge is 0.256 e. The van der Waals surface area contributed by atoms with E-state index in [1.165, 1.54) is 13.2 Å². The summed E-state index contributed by atoms with van der Waals surface area (Å²) in [6, 6.07) is 7.25. The molecule has 0 heterocycles. The maximum absolute atomic E-state index is 13.3. The van der Waals surface area contributed by atoms with E-state index in [-0.39, 0.29) is 11.3 Å². The number of amides is 1. The van der Waals surface area contributed by atoms with E-state index in [1.54, 1.807) is 18.2 Å². The Bertz CT molecular complexity index is 710. The number of nitrogens with two attached hydrogens (primary N) is 1. The third-order valence-corrected chi connectivity index (χ3v) is 3.74. The Morgan fingerprint density at radius 2 is 2.10 bits per heavy atom. The van der Waals surface area contributed by atoms with Gasteiger partial charge in [-0.25, -0.2) is 4.39 Å². The van der Waals surface area contributed by atoms with Crippen LogP contribution < -0.4 is 15.8 Å². The van der Waals surface area contributed by atoms with Crippen molar-refractivity contribution in [3.8, 4) is 5.75 Å². The number of halogens is 3. The predicted molar refractivity (Wildman–Crippen MR) is 84.5 cm³/mol. The number of hydrogen-bond donors (Lipinski definition) is 2. The van der Waals surface area contributed by atoms with Gasteiger partial charge in [0.25, 0.3) is 5.91 Å². The summed E-state index contributed by atoms with van der Waals surface area (Å²) in [5.41, 5.74) is 5.95. The largest absolute Gasteiger partial charge is 0.497 e. The summed E-state index contributed by atoms with van der Waals surface area (Å²) in [5.74, 6) is -0.519. The van der Waals surface area contributed by atoms with Gasteiger partial charge < -0.3 is 15.8 Å². The van der Waals surface area contributed by atoms with Crippen LogP contribution in [0, 0.1) is 5.82 Å². The fourth-order valence-corrected chi connectivity index (χ4v) is 2.32. The van der Waals surface area contributed by atoms with E-state index in [0.29, 0.717) is 20.9 Å². The zero-order chi connectivity index (χ0) is 15.6. The second kappa shape index (κ2) is 6.32. The van der Waals surface area contributed by atoms with Crippen molar-refractivity contribution < 1.29 is 13.9 Å². The number of carbonyl (C=O) groups is 1. The number of nitrogens with one attached hydrogen (secondary N) is 1. The van der Waals surface area contributed by atoms with E-state index >= 15 is 0 Å². The lowest BCUT2D eigenvalue weighted by atomic mass is 10.1. The summed E-state index contributed by atoms with van der Waals surface area (Å²) in [4.78, 5) is 12.2. The van der Waals surface area contributed by atoms with Gasteiger partial charge in [-0.05, 0) is 40.2 Å². The highest BCUT2D eigenvalue weighted by Gasteiger charge is 2.15. The average Bonchev–Trinajstić information content (AvgIpc) is 2.45. The highest BCUT2D eigenvalue weighted by Crippen LogP contribution is 2.29. The summed E-state index contributed by atoms with van der Waals surface area (Å²) in [6.07, 6.45) is 0. The van der Waals surface area contributed by atoms with Crippen molar-refractivity contribution in [1.29, 1.82) is 0 Å². The van der Waals surface area contributed by atoms with Gasteiger partial charge in [0.05, 0.1) is 29.1 Å². The van der Waals surface area contributed by atoms with Gasteiger partial charge in [0.1, 0.15) is 11.6 Å². The van der Waals surface area contributed by atoms with E-state index in [2.05, 4.69) is 21.2 Å². The maximum atomic E-state index is 13.3. The van der Waals surface area contributed by atoms with Crippen LogP contribution in [0.1, 0.15) is 10.4 Å². The van der Waals surface area contributed by atoms with Gasteiger partial charge in [0, 0.05) is 10.5 Å². The van der Waals surface area contributed by atoms with Crippen LogP contribution in [0.25, 0.3) is 0 Å². The Labute approximate surface area is 134 Å². The van der Waals surface area contributed by atoms with Crippen LogP contribution in [0.4, 0.5) is 15.8 Å². The van der Waals surface area contributed by atoms with Crippen molar-refractivity contribution >= 4 is 44.8 Å². The van der Waals surface area contributed by atoms with E-state index in [4.69, 9.17) is 22.1 Å². The second-order valence-corrected chi connectivity index (χ2v) is 5.42. The van der Waals surface area contributed by atoms with Crippen LogP contribution in [0.2, 0.25) is 5.02 Å². The van der Waals surface area contributed by atoms with Gasteiger partial charge in [-0.2, -0.15) is 0 Å². The maximum Gasteiger partial charge on any atom is 0.256 e. The minimum Gasteiger partial charge on any atom is -0.497 e. The number of ether oxygens (including phenoxy) is 1. The van der Waals surface area contributed by atoms with Gasteiger partial charge in [-0.3, -0.25) is 4.79 Å². The van der Waals surface area contributed by atoms with Crippen LogP contribution in [0.3, 0.4) is 0 Å². The van der Waals surface area contributed by atoms with Gasteiger partial charge in [0.2, 0.25) is 0 Å². The molecule has 2 aromatic rings. The number of nitrogen functional groups attached to an aromatic ring is 1. The molecule has 2 aromatic carbocycles. The molecule has 0 bridgehead atoms. The summed E-state index contributed by atoms with van der Waals surface area (Å²) in [5, 5.41) is 2.99. The van der Waals surface area contributed by atoms with Crippen molar-refractivity contribution in [2.45, 2.75) is 0 Å². The quantitative estimate of drug-likeness (QED) is 0.797. The van der Waals surface area contributed by atoms with E-state index in [9.17, 15) is 9.18 Å². The lowest BCUT2D eigenvalue weighted by Crippen LogP contribution is -2.14. The first-order valence-corrected chi connectivity index (χ1v) is 6.99. The molecule has 4 nitrogen and oxygen atoms in total. The van der Waals surface area contributed by atoms with Gasteiger partial charge in [-0.15, -0.1) is 0 Å². The highest BCUT2D eigenvalue weighted by molar-refractivity contribution is 9.10. The molecule has 0 atom stereocenters. The summed E-state index contributed by atoms with van der Waals surface area (Å²) in [6.45, 7) is 0. The molecule has 3 N–H and O–H groups in total. The molecule has 2 rings (SSSR count). The molecule has 7 heteroatoms. The SMILES string of the molecule is COc1ccc(Cl)c(NC(=O)c2cc(N)c(F)cc2Br)c1. The molecule has 0 aliphatic heterocycles. The molecule has 0 unspecified atom stereocenters. The molecule has 0 radical (unpaired) electrons. The molecule has 0 spiro atoms. The number of benzene rings is 2. The van der Waals surface area contributed by atoms with Gasteiger partial charge in [-0.1, -0.05) is 11.6 Å². The van der Waals surface area contributed by atoms with E-state index in [0.717, 1.165) is 6.07 Å². The van der Waals surface area contributed by atoms with Crippen molar-refractivity contribution in [3.63, 3.8) is 0 Å². The number of methoxy groups -OCH3 is 1. The number of rotatable bonds is 3. The molecule has 110 valence electrons. The van der Waals surface area contributed by atoms with Crippen LogP contribution in [-0.4, -0.2) is 13.0 Å². The minimum absolute atomic E-state index is 0.111. The average molecular weight is 374 g/mol. The van der Waals surface area contributed by atoms with E-state index < -0.39 is 11.7 Å². The Hall–Kier alpha value is -1.79. The molecule has 0 saturated heterocycles. The first-order chi connectivity index (χ1) is 9.92.